The van der Waals surface area contributed by atoms with Crippen molar-refractivity contribution in [3.8, 4) is 23.0 Å². The number of methoxy groups -OCH3 is 3. The van der Waals surface area contributed by atoms with Gasteiger partial charge in [-0.15, -0.1) is 11.3 Å². The van der Waals surface area contributed by atoms with Crippen LogP contribution in [-0.4, -0.2) is 69.7 Å². The second-order valence-corrected chi connectivity index (χ2v) is 12.0. The molecule has 2 heterocycles. The zero-order valence-corrected chi connectivity index (χ0v) is 27.0. The van der Waals surface area contributed by atoms with Crippen molar-refractivity contribution in [3.63, 3.8) is 0 Å². The van der Waals surface area contributed by atoms with E-state index in [9.17, 15) is 19.2 Å². The number of nitrogens with zero attached hydrogens (tertiary/aromatic N) is 1. The van der Waals surface area contributed by atoms with Crippen molar-refractivity contribution in [2.75, 3.05) is 41.2 Å². The van der Waals surface area contributed by atoms with E-state index >= 15 is 4.39 Å². The van der Waals surface area contributed by atoms with Crippen LogP contribution in [0.4, 0.5) is 4.39 Å². The quantitative estimate of drug-likeness (QED) is 0.124. The molecule has 1 aliphatic heterocycles. The molecule has 1 aromatic heterocycles. The number of amides is 1. The largest absolute Gasteiger partial charge is 0.493 e. The molecule has 2 aliphatic rings. The molecule has 2 atom stereocenters. The maximum Gasteiger partial charge on any atom is 0.309 e. The predicted octanol–water partition coefficient (Wildman–Crippen LogP) is 5.08. The van der Waals surface area contributed by atoms with Crippen molar-refractivity contribution in [2.24, 2.45) is 11.8 Å². The summed E-state index contributed by atoms with van der Waals surface area (Å²) in [5, 5.41) is 0.814. The van der Waals surface area contributed by atoms with Gasteiger partial charge < -0.3 is 33.3 Å². The van der Waals surface area contributed by atoms with Crippen molar-refractivity contribution in [2.45, 2.75) is 45.7 Å². The SMILES string of the molecule is CCOC(=O)CCC(=O)N1Cc2cc(OC)c(OCCCOc3cc4cc(C(=O)C5CC5C(=O)OC)sc4cc3OC)c(F)c2C1. The van der Waals surface area contributed by atoms with Gasteiger partial charge in [0.25, 0.3) is 0 Å². The lowest BCUT2D eigenvalue weighted by atomic mass is 10.1. The summed E-state index contributed by atoms with van der Waals surface area (Å²) < 4.78 is 48.7. The molecule has 0 radical (unpaired) electrons. The molecule has 1 fully saturated rings. The Morgan fingerprint density at radius 3 is 2.39 bits per heavy atom. The van der Waals surface area contributed by atoms with Gasteiger partial charge in [-0.25, -0.2) is 4.39 Å². The number of rotatable bonds is 15. The topological polar surface area (TPSA) is 127 Å². The van der Waals surface area contributed by atoms with Crippen LogP contribution in [0.5, 0.6) is 23.0 Å². The van der Waals surface area contributed by atoms with Crippen LogP contribution in [0.25, 0.3) is 10.1 Å². The molecular weight excluding hydrogens is 621 g/mol. The van der Waals surface area contributed by atoms with Gasteiger partial charge in [0.1, 0.15) is 0 Å². The van der Waals surface area contributed by atoms with Crippen molar-refractivity contribution < 1.29 is 52.0 Å². The molecule has 1 aliphatic carbocycles. The number of halogens is 1. The maximum atomic E-state index is 15.6. The van der Waals surface area contributed by atoms with E-state index in [0.717, 1.165) is 10.1 Å². The Labute approximate surface area is 269 Å². The summed E-state index contributed by atoms with van der Waals surface area (Å²) in [7, 11) is 4.27. The smallest absolute Gasteiger partial charge is 0.309 e. The lowest BCUT2D eigenvalue weighted by molar-refractivity contribution is -0.145. The Morgan fingerprint density at radius 1 is 0.913 bits per heavy atom. The number of hydrogen-bond acceptors (Lipinski definition) is 11. The van der Waals surface area contributed by atoms with Crippen LogP contribution in [0.15, 0.2) is 24.3 Å². The van der Waals surface area contributed by atoms with Gasteiger partial charge in [0, 0.05) is 48.2 Å². The van der Waals surface area contributed by atoms with Gasteiger partial charge in [0.15, 0.2) is 34.6 Å². The van der Waals surface area contributed by atoms with E-state index in [1.54, 1.807) is 25.1 Å². The van der Waals surface area contributed by atoms with E-state index in [2.05, 4.69) is 0 Å². The molecule has 0 spiro atoms. The third-order valence-corrected chi connectivity index (χ3v) is 9.09. The van der Waals surface area contributed by atoms with Gasteiger partial charge in [0.2, 0.25) is 5.91 Å². The van der Waals surface area contributed by atoms with Crippen molar-refractivity contribution >= 4 is 45.1 Å². The normalized spacial score (nSPS) is 16.5. The number of thiophene rings is 1. The van der Waals surface area contributed by atoms with Crippen molar-refractivity contribution in [1.82, 2.24) is 4.90 Å². The van der Waals surface area contributed by atoms with Gasteiger partial charge in [-0.1, -0.05) is 0 Å². The zero-order chi connectivity index (χ0) is 33.0. The fourth-order valence-corrected chi connectivity index (χ4v) is 6.54. The van der Waals surface area contributed by atoms with Crippen LogP contribution < -0.4 is 18.9 Å². The van der Waals surface area contributed by atoms with Crippen LogP contribution in [0.1, 0.15) is 53.4 Å². The van der Waals surface area contributed by atoms with Gasteiger partial charge in [-0.2, -0.15) is 0 Å². The van der Waals surface area contributed by atoms with E-state index in [-0.39, 0.29) is 86.7 Å². The Kier molecular flexibility index (Phi) is 10.3. The van der Waals surface area contributed by atoms with E-state index in [0.29, 0.717) is 40.3 Å². The molecular formula is C33H36FNO10S. The summed E-state index contributed by atoms with van der Waals surface area (Å²) >= 11 is 1.34. The fourth-order valence-electron chi connectivity index (χ4n) is 5.46. The number of hydrogen-bond donors (Lipinski definition) is 0. The molecule has 1 saturated carbocycles. The molecule has 13 heteroatoms. The summed E-state index contributed by atoms with van der Waals surface area (Å²) in [6.45, 7) is 2.57. The van der Waals surface area contributed by atoms with Crippen LogP contribution in [0, 0.1) is 17.7 Å². The van der Waals surface area contributed by atoms with Crippen molar-refractivity contribution in [1.29, 1.82) is 0 Å². The second-order valence-electron chi connectivity index (χ2n) is 11.0. The van der Waals surface area contributed by atoms with Gasteiger partial charge in [0.05, 0.1) is 58.4 Å². The highest BCUT2D eigenvalue weighted by Gasteiger charge is 2.49. The first kappa shape index (κ1) is 33.0. The lowest BCUT2D eigenvalue weighted by Gasteiger charge is -2.15. The highest BCUT2D eigenvalue weighted by Crippen LogP contribution is 2.45. The molecule has 0 bridgehead atoms. The molecule has 11 nitrogen and oxygen atoms in total. The first-order valence-corrected chi connectivity index (χ1v) is 15.8. The molecule has 1 amide bonds. The minimum Gasteiger partial charge on any atom is -0.493 e. The average Bonchev–Trinajstić information content (AvgIpc) is 3.56. The molecule has 2 aromatic carbocycles. The van der Waals surface area contributed by atoms with E-state index in [1.165, 1.54) is 37.6 Å². The molecule has 0 saturated heterocycles. The van der Waals surface area contributed by atoms with Gasteiger partial charge >= 0.3 is 11.9 Å². The minimum absolute atomic E-state index is 0.0176. The number of carbonyl (C=O) groups is 4. The first-order chi connectivity index (χ1) is 22.2. The summed E-state index contributed by atoms with van der Waals surface area (Å²) in [5.74, 6) is -1.30. The molecule has 2 unspecified atom stereocenters. The number of ether oxygens (including phenoxy) is 6. The molecule has 5 rings (SSSR count). The van der Waals surface area contributed by atoms with Crippen molar-refractivity contribution in [3.05, 3.63) is 46.1 Å². The van der Waals surface area contributed by atoms with Crippen LogP contribution in [0.3, 0.4) is 0 Å². The van der Waals surface area contributed by atoms with Gasteiger partial charge in [-0.05, 0) is 42.5 Å². The predicted molar refractivity (Wildman–Crippen MR) is 165 cm³/mol. The highest BCUT2D eigenvalue weighted by atomic mass is 32.1. The van der Waals surface area contributed by atoms with E-state index in [1.807, 2.05) is 6.07 Å². The third-order valence-electron chi connectivity index (χ3n) is 7.98. The zero-order valence-electron chi connectivity index (χ0n) is 26.1. The minimum atomic E-state index is -0.588. The summed E-state index contributed by atoms with van der Waals surface area (Å²) in [5.41, 5.74) is 0.974. The van der Waals surface area contributed by atoms with E-state index < -0.39 is 11.8 Å². The molecule has 0 N–H and O–H groups in total. The standard InChI is InChI=1S/C33H36FNO10S/c1-5-43-29(37)8-7-28(36)35-16-19-12-25(41-3)32(30(34)22(19)17-35)45-10-6-9-44-24-11-18-13-27(46-26(18)15-23(24)40-2)31(38)20-14-21(20)33(39)42-4/h11-13,15,20-21H,5-10,14,16-17H2,1-4H3. The molecule has 246 valence electrons. The number of benzene rings is 2. The van der Waals surface area contributed by atoms with Gasteiger partial charge in [-0.3, -0.25) is 19.2 Å². The Hall–Kier alpha value is -4.39. The lowest BCUT2D eigenvalue weighted by Crippen LogP contribution is -2.26. The van der Waals surface area contributed by atoms with Crippen LogP contribution >= 0.6 is 11.3 Å². The number of fused-ring (bicyclic) bond motifs is 2. The Balaban J connectivity index is 1.17. The monoisotopic (exact) mass is 657 g/mol. The number of carbonyl (C=O) groups excluding carboxylic acids is 4. The number of ketones is 1. The first-order valence-electron chi connectivity index (χ1n) is 15.0. The average molecular weight is 658 g/mol. The molecule has 3 aromatic rings. The van der Waals surface area contributed by atoms with E-state index in [4.69, 9.17) is 28.4 Å². The van der Waals surface area contributed by atoms with Crippen LogP contribution in [-0.2, 0) is 36.9 Å². The highest BCUT2D eigenvalue weighted by molar-refractivity contribution is 7.20. The van der Waals surface area contributed by atoms with Crippen LogP contribution in [0.2, 0.25) is 0 Å². The number of Topliss-reactive ketones (excluding diaryl/α,β-unsaturated/α-hetero) is 1. The Bertz CT molecular complexity index is 1650. The third kappa shape index (κ3) is 7.04. The summed E-state index contributed by atoms with van der Waals surface area (Å²) in [4.78, 5) is 51.0. The second kappa shape index (κ2) is 14.4. The summed E-state index contributed by atoms with van der Waals surface area (Å²) in [6, 6.07) is 7.07. The molecule has 46 heavy (non-hydrogen) atoms. The fraction of sp³-hybridized carbons (Fsp3) is 0.455. The Morgan fingerprint density at radius 2 is 1.67 bits per heavy atom. The summed E-state index contributed by atoms with van der Waals surface area (Å²) in [6.07, 6.45) is 0.853. The maximum absolute atomic E-state index is 15.6. The number of esters is 2.